The first-order chi connectivity index (χ1) is 14.5. The molecule has 0 bridgehead atoms. The van der Waals surface area contributed by atoms with E-state index < -0.39 is 0 Å². The predicted molar refractivity (Wildman–Crippen MR) is 114 cm³/mol. The zero-order valence-corrected chi connectivity index (χ0v) is 16.9. The highest BCUT2D eigenvalue weighted by Crippen LogP contribution is 2.33. The van der Waals surface area contributed by atoms with Crippen molar-refractivity contribution in [3.05, 3.63) is 99.9 Å². The number of aromatic nitrogens is 1. The van der Waals surface area contributed by atoms with Gasteiger partial charge in [0, 0.05) is 28.6 Å². The molecule has 2 aliphatic rings. The lowest BCUT2D eigenvalue weighted by atomic mass is 9.89. The fourth-order valence-electron chi connectivity index (χ4n) is 4.34. The first-order valence-corrected chi connectivity index (χ1v) is 10.1. The molecule has 2 aromatic carbocycles. The maximum absolute atomic E-state index is 13.4. The molecule has 0 saturated heterocycles. The molecule has 0 spiro atoms. The van der Waals surface area contributed by atoms with E-state index >= 15 is 0 Å². The highest BCUT2D eigenvalue weighted by molar-refractivity contribution is 6.17. The van der Waals surface area contributed by atoms with Crippen molar-refractivity contribution >= 4 is 17.5 Å². The summed E-state index contributed by atoms with van der Waals surface area (Å²) in [6.07, 6.45) is 2.01. The van der Waals surface area contributed by atoms with Gasteiger partial charge in [0.25, 0.3) is 5.91 Å². The zero-order valence-electron chi connectivity index (χ0n) is 16.9. The molecular weight excluding hydrogens is 374 g/mol. The zero-order chi connectivity index (χ0) is 20.8. The van der Waals surface area contributed by atoms with Crippen LogP contribution in [0.25, 0.3) is 0 Å². The summed E-state index contributed by atoms with van der Waals surface area (Å²) in [5, 5.41) is 0. The van der Waals surface area contributed by atoms with Crippen molar-refractivity contribution < 1.29 is 9.59 Å². The minimum atomic E-state index is -0.316. The molecule has 3 aromatic rings. The van der Waals surface area contributed by atoms with Gasteiger partial charge in [-0.15, -0.1) is 0 Å². The number of benzene rings is 2. The number of aliphatic imine (C=N–C) groups is 1. The minimum Gasteiger partial charge on any atom is -0.279 e. The monoisotopic (exact) mass is 395 g/mol. The number of carbonyl (C=O) groups excluding carboxylic acids is 2. The largest absolute Gasteiger partial charge is 0.279 e. The molecule has 0 fully saturated rings. The van der Waals surface area contributed by atoms with Crippen LogP contribution in [0.15, 0.2) is 65.8 Å². The van der Waals surface area contributed by atoms with Crippen molar-refractivity contribution in [1.82, 2.24) is 9.88 Å². The van der Waals surface area contributed by atoms with Gasteiger partial charge in [-0.3, -0.25) is 24.5 Å². The Balaban J connectivity index is 1.55. The number of imide groups is 1. The predicted octanol–water partition coefficient (Wildman–Crippen LogP) is 4.03. The Bertz CT molecular complexity index is 1210. The van der Waals surface area contributed by atoms with Crippen LogP contribution in [0.4, 0.5) is 0 Å². The van der Waals surface area contributed by atoms with E-state index in [4.69, 9.17) is 4.99 Å². The van der Waals surface area contributed by atoms with E-state index in [0.717, 1.165) is 39.2 Å². The summed E-state index contributed by atoms with van der Waals surface area (Å²) in [6, 6.07) is 17.2. The van der Waals surface area contributed by atoms with E-state index in [1.54, 1.807) is 6.20 Å². The number of nitrogens with zero attached hydrogens (tertiary/aromatic N) is 3. The second-order valence-corrected chi connectivity index (χ2v) is 7.85. The van der Waals surface area contributed by atoms with Crippen LogP contribution >= 0.6 is 0 Å². The highest BCUT2D eigenvalue weighted by atomic mass is 16.2. The van der Waals surface area contributed by atoms with Crippen LogP contribution in [0, 0.1) is 6.92 Å². The smallest absolute Gasteiger partial charge is 0.261 e. The van der Waals surface area contributed by atoms with Crippen LogP contribution in [0.1, 0.15) is 56.8 Å². The van der Waals surface area contributed by atoms with Gasteiger partial charge < -0.3 is 0 Å². The average molecular weight is 395 g/mol. The Morgan fingerprint density at radius 1 is 0.967 bits per heavy atom. The number of rotatable bonds is 3. The Morgan fingerprint density at radius 2 is 1.77 bits per heavy atom. The fraction of sp³-hybridized carbons (Fsp3) is 0.200. The van der Waals surface area contributed by atoms with E-state index in [1.165, 1.54) is 4.90 Å². The molecule has 0 radical (unpaired) electrons. The standard InChI is InChI=1S/C25H21N3O2/c1-15-10-18(8-9-26-15)24-21-13-22-19(11-20(21)14-27-24)12-23(29)28(25(22)30)16(2)17-6-4-3-5-7-17/h3-11,13,16H,12,14H2,1-2H3/t16-/m1/s1. The SMILES string of the molecule is Cc1cc(C2=NCc3cc4c(cc32)C(=O)N([C@H](C)c2ccccc2)C(=O)C4)ccn1. The first kappa shape index (κ1) is 18.4. The number of carbonyl (C=O) groups is 2. The number of fused-ring (bicyclic) bond motifs is 2. The Morgan fingerprint density at radius 3 is 2.53 bits per heavy atom. The molecule has 0 unspecified atom stereocenters. The van der Waals surface area contributed by atoms with Gasteiger partial charge in [0.1, 0.15) is 0 Å². The van der Waals surface area contributed by atoms with Gasteiger partial charge in [-0.2, -0.15) is 0 Å². The van der Waals surface area contributed by atoms with Crippen molar-refractivity contribution in [3.63, 3.8) is 0 Å². The molecule has 0 saturated carbocycles. The van der Waals surface area contributed by atoms with Crippen molar-refractivity contribution in [1.29, 1.82) is 0 Å². The molecule has 1 aromatic heterocycles. The summed E-state index contributed by atoms with van der Waals surface area (Å²) >= 11 is 0. The van der Waals surface area contributed by atoms with Gasteiger partial charge in [-0.25, -0.2) is 0 Å². The maximum Gasteiger partial charge on any atom is 0.261 e. The van der Waals surface area contributed by atoms with Crippen LogP contribution < -0.4 is 0 Å². The van der Waals surface area contributed by atoms with Gasteiger partial charge in [0.05, 0.1) is 24.7 Å². The number of hydrogen-bond donors (Lipinski definition) is 0. The summed E-state index contributed by atoms with van der Waals surface area (Å²) in [5.41, 5.74) is 7.15. The van der Waals surface area contributed by atoms with E-state index in [2.05, 4.69) is 4.98 Å². The lowest BCUT2D eigenvalue weighted by molar-refractivity contribution is -0.130. The van der Waals surface area contributed by atoms with Crippen molar-refractivity contribution in [3.8, 4) is 0 Å². The summed E-state index contributed by atoms with van der Waals surface area (Å²) in [4.78, 5) is 36.6. The molecule has 30 heavy (non-hydrogen) atoms. The van der Waals surface area contributed by atoms with Crippen LogP contribution in [0.2, 0.25) is 0 Å². The van der Waals surface area contributed by atoms with E-state index in [-0.39, 0.29) is 24.3 Å². The third kappa shape index (κ3) is 2.94. The summed E-state index contributed by atoms with van der Waals surface area (Å²) in [5.74, 6) is -0.398. The molecular formula is C25H21N3O2. The van der Waals surface area contributed by atoms with Crippen LogP contribution in [-0.4, -0.2) is 27.4 Å². The van der Waals surface area contributed by atoms with Gasteiger partial charge in [-0.05, 0) is 48.7 Å². The maximum atomic E-state index is 13.4. The molecule has 0 aliphatic carbocycles. The summed E-state index contributed by atoms with van der Waals surface area (Å²) < 4.78 is 0. The minimum absolute atomic E-state index is 0.160. The van der Waals surface area contributed by atoms with Crippen LogP contribution in [-0.2, 0) is 17.8 Å². The molecule has 5 heteroatoms. The van der Waals surface area contributed by atoms with Crippen molar-refractivity contribution in [2.45, 2.75) is 32.9 Å². The third-order valence-electron chi connectivity index (χ3n) is 5.89. The van der Waals surface area contributed by atoms with E-state index in [0.29, 0.717) is 12.1 Å². The second-order valence-electron chi connectivity index (χ2n) is 7.85. The van der Waals surface area contributed by atoms with Gasteiger partial charge >= 0.3 is 0 Å². The third-order valence-corrected chi connectivity index (χ3v) is 5.89. The molecule has 1 atom stereocenters. The first-order valence-electron chi connectivity index (χ1n) is 10.1. The number of pyridine rings is 1. The molecule has 2 aliphatic heterocycles. The Labute approximate surface area is 175 Å². The molecule has 2 amide bonds. The fourth-order valence-corrected chi connectivity index (χ4v) is 4.34. The van der Waals surface area contributed by atoms with Crippen molar-refractivity contribution in [2.75, 3.05) is 0 Å². The van der Waals surface area contributed by atoms with E-state index in [9.17, 15) is 9.59 Å². The lowest BCUT2D eigenvalue weighted by Gasteiger charge is -2.32. The number of aryl methyl sites for hydroxylation is 1. The molecule has 5 rings (SSSR count). The van der Waals surface area contributed by atoms with Gasteiger partial charge in [-0.1, -0.05) is 36.4 Å². The topological polar surface area (TPSA) is 62.6 Å². The Kier molecular flexibility index (Phi) is 4.31. The normalized spacial score (nSPS) is 16.2. The highest BCUT2D eigenvalue weighted by Gasteiger charge is 2.36. The van der Waals surface area contributed by atoms with Crippen molar-refractivity contribution in [2.24, 2.45) is 4.99 Å². The number of hydrogen-bond acceptors (Lipinski definition) is 4. The molecule has 3 heterocycles. The van der Waals surface area contributed by atoms with Crippen LogP contribution in [0.5, 0.6) is 0 Å². The summed E-state index contributed by atoms with van der Waals surface area (Å²) in [7, 11) is 0. The molecule has 0 N–H and O–H groups in total. The lowest BCUT2D eigenvalue weighted by Crippen LogP contribution is -2.43. The average Bonchev–Trinajstić information content (AvgIpc) is 3.16. The van der Waals surface area contributed by atoms with Gasteiger partial charge in [0.2, 0.25) is 5.91 Å². The van der Waals surface area contributed by atoms with E-state index in [1.807, 2.05) is 68.4 Å². The van der Waals surface area contributed by atoms with Crippen LogP contribution in [0.3, 0.4) is 0 Å². The quantitative estimate of drug-likeness (QED) is 0.629. The molecule has 148 valence electrons. The van der Waals surface area contributed by atoms with Gasteiger partial charge in [0.15, 0.2) is 0 Å². The molecule has 5 nitrogen and oxygen atoms in total. The summed E-state index contributed by atoms with van der Waals surface area (Å²) in [6.45, 7) is 4.41. The number of amides is 2. The Hall–Kier alpha value is -3.60. The second kappa shape index (κ2) is 7.02.